The van der Waals surface area contributed by atoms with Gasteiger partial charge in [0.05, 0.1) is 11.3 Å². The molecule has 0 saturated heterocycles. The summed E-state index contributed by atoms with van der Waals surface area (Å²) in [7, 11) is 0. The first-order chi connectivity index (χ1) is 12.4. The summed E-state index contributed by atoms with van der Waals surface area (Å²) < 4.78 is 2.12. The zero-order valence-corrected chi connectivity index (χ0v) is 17.3. The molecule has 8 heteroatoms. The molecule has 0 bridgehead atoms. The Morgan fingerprint density at radius 2 is 2.08 bits per heavy atom. The number of hydrogen-bond acceptors (Lipinski definition) is 4. The fourth-order valence-electron chi connectivity index (χ4n) is 2.80. The predicted molar refractivity (Wildman–Crippen MR) is 106 cm³/mol. The first-order valence-electron chi connectivity index (χ1n) is 8.75. The van der Waals surface area contributed by atoms with Gasteiger partial charge in [0.2, 0.25) is 5.91 Å². The number of nitrogens with one attached hydrogen (secondary N) is 1. The van der Waals surface area contributed by atoms with Gasteiger partial charge in [-0.05, 0) is 51.3 Å². The molecule has 1 aromatic carbocycles. The van der Waals surface area contributed by atoms with Crippen LogP contribution < -0.4 is 5.32 Å². The number of thioether (sulfide) groups is 1. The highest BCUT2D eigenvalue weighted by atomic mass is 35.5. The molecule has 140 valence electrons. The molecule has 1 aromatic heterocycles. The van der Waals surface area contributed by atoms with Crippen molar-refractivity contribution in [1.29, 1.82) is 0 Å². The van der Waals surface area contributed by atoms with Gasteiger partial charge in [-0.1, -0.05) is 41.0 Å². The van der Waals surface area contributed by atoms with Gasteiger partial charge in [-0.2, -0.15) is 0 Å². The molecule has 1 saturated carbocycles. The number of rotatable bonds is 7. The van der Waals surface area contributed by atoms with Crippen molar-refractivity contribution in [2.24, 2.45) is 0 Å². The zero-order chi connectivity index (χ0) is 18.8. The van der Waals surface area contributed by atoms with Crippen LogP contribution in [0.4, 0.5) is 0 Å². The van der Waals surface area contributed by atoms with Gasteiger partial charge < -0.3 is 9.88 Å². The van der Waals surface area contributed by atoms with Crippen molar-refractivity contribution < 1.29 is 4.79 Å². The van der Waals surface area contributed by atoms with E-state index in [4.69, 9.17) is 23.2 Å². The van der Waals surface area contributed by atoms with E-state index in [0.717, 1.165) is 23.1 Å². The molecule has 5 nitrogen and oxygen atoms in total. The number of amides is 1. The number of carbonyl (C=O) groups excluding carboxylic acids is 1. The van der Waals surface area contributed by atoms with Crippen molar-refractivity contribution in [2.75, 3.05) is 0 Å². The van der Waals surface area contributed by atoms with Crippen LogP contribution in [-0.2, 0) is 11.3 Å². The van der Waals surface area contributed by atoms with Crippen LogP contribution in [0.2, 0.25) is 10.0 Å². The van der Waals surface area contributed by atoms with Crippen molar-refractivity contribution in [1.82, 2.24) is 20.1 Å². The van der Waals surface area contributed by atoms with Crippen LogP contribution in [0.15, 0.2) is 23.4 Å². The zero-order valence-electron chi connectivity index (χ0n) is 15.0. The maximum Gasteiger partial charge on any atom is 0.233 e. The minimum Gasteiger partial charge on any atom is -0.349 e. The molecule has 2 atom stereocenters. The van der Waals surface area contributed by atoms with Gasteiger partial charge in [0, 0.05) is 22.5 Å². The highest BCUT2D eigenvalue weighted by Crippen LogP contribution is 2.40. The summed E-state index contributed by atoms with van der Waals surface area (Å²) in [5.74, 6) is 1.52. The molecule has 0 radical (unpaired) electrons. The lowest BCUT2D eigenvalue weighted by Crippen LogP contribution is -2.33. The lowest BCUT2D eigenvalue weighted by Gasteiger charge is -2.19. The van der Waals surface area contributed by atoms with E-state index in [-0.39, 0.29) is 17.2 Å². The molecule has 1 aliphatic carbocycles. The number of carbonyl (C=O) groups is 1. The number of hydrogen-bond donors (Lipinski definition) is 1. The Kier molecular flexibility index (Phi) is 6.15. The molecule has 1 aliphatic rings. The highest BCUT2D eigenvalue weighted by molar-refractivity contribution is 8.00. The summed E-state index contributed by atoms with van der Waals surface area (Å²) in [6.45, 7) is 6.67. The topological polar surface area (TPSA) is 59.8 Å². The van der Waals surface area contributed by atoms with Crippen molar-refractivity contribution in [3.8, 4) is 0 Å². The first kappa shape index (κ1) is 19.5. The van der Waals surface area contributed by atoms with Crippen LogP contribution >= 0.6 is 35.0 Å². The third-order valence-corrected chi connectivity index (χ3v) is 6.09. The van der Waals surface area contributed by atoms with Crippen LogP contribution in [0.25, 0.3) is 0 Å². The van der Waals surface area contributed by atoms with Gasteiger partial charge in [0.25, 0.3) is 0 Å². The fraction of sp³-hybridized carbons (Fsp3) is 0.500. The minimum absolute atomic E-state index is 0.0628. The van der Waals surface area contributed by atoms with E-state index in [2.05, 4.69) is 27.0 Å². The fourth-order valence-corrected chi connectivity index (χ4v) is 4.30. The summed E-state index contributed by atoms with van der Waals surface area (Å²) in [5, 5.41) is 13.3. The Balaban J connectivity index is 1.64. The molecule has 26 heavy (non-hydrogen) atoms. The second kappa shape index (κ2) is 8.19. The van der Waals surface area contributed by atoms with Crippen molar-refractivity contribution in [3.05, 3.63) is 39.6 Å². The van der Waals surface area contributed by atoms with E-state index in [1.165, 1.54) is 24.6 Å². The van der Waals surface area contributed by atoms with Crippen LogP contribution in [0.5, 0.6) is 0 Å². The van der Waals surface area contributed by atoms with Crippen molar-refractivity contribution in [2.45, 2.75) is 62.5 Å². The normalized spacial score (nSPS) is 16.3. The molecular weight excluding hydrogens is 391 g/mol. The Hall–Kier alpha value is -1.24. The number of nitrogens with zero attached hydrogens (tertiary/aromatic N) is 3. The standard InChI is InChI=1S/C18H22Cl2N4OS/c1-4-24-16(12-5-6-12)22-23-18(24)26-11(3)17(25)21-10(2)14-8-7-13(19)9-15(14)20/h7-12H,4-6H2,1-3H3,(H,21,25). The van der Waals surface area contributed by atoms with E-state index in [1.807, 2.05) is 19.9 Å². The lowest BCUT2D eigenvalue weighted by molar-refractivity contribution is -0.120. The summed E-state index contributed by atoms with van der Waals surface area (Å²) in [4.78, 5) is 12.6. The summed E-state index contributed by atoms with van der Waals surface area (Å²) in [6.07, 6.45) is 2.36. The maximum atomic E-state index is 12.6. The monoisotopic (exact) mass is 412 g/mol. The lowest BCUT2D eigenvalue weighted by atomic mass is 10.1. The Bertz CT molecular complexity index is 806. The van der Waals surface area contributed by atoms with Crippen molar-refractivity contribution in [3.63, 3.8) is 0 Å². The van der Waals surface area contributed by atoms with Crippen molar-refractivity contribution >= 4 is 40.9 Å². The van der Waals surface area contributed by atoms with Gasteiger partial charge in [0.1, 0.15) is 5.82 Å². The number of benzene rings is 1. The van der Waals surface area contributed by atoms with E-state index < -0.39 is 0 Å². The van der Waals surface area contributed by atoms with Crippen LogP contribution in [0.1, 0.15) is 57.0 Å². The summed E-state index contributed by atoms with van der Waals surface area (Å²) >= 11 is 13.6. The highest BCUT2D eigenvalue weighted by Gasteiger charge is 2.31. The van der Waals surface area contributed by atoms with E-state index >= 15 is 0 Å². The SMILES string of the molecule is CCn1c(SC(C)C(=O)NC(C)c2ccc(Cl)cc2Cl)nnc1C1CC1. The molecule has 0 aliphatic heterocycles. The Morgan fingerprint density at radius 1 is 1.35 bits per heavy atom. The minimum atomic E-state index is -0.287. The number of aromatic nitrogens is 3. The largest absolute Gasteiger partial charge is 0.349 e. The maximum absolute atomic E-state index is 12.6. The van der Waals surface area contributed by atoms with Gasteiger partial charge in [-0.25, -0.2) is 0 Å². The molecule has 1 N–H and O–H groups in total. The predicted octanol–water partition coefficient (Wildman–Crippen LogP) is 4.84. The average molecular weight is 413 g/mol. The molecule has 0 spiro atoms. The molecule has 3 rings (SSSR count). The van der Waals surface area contributed by atoms with Crippen LogP contribution in [0, 0.1) is 0 Å². The average Bonchev–Trinajstić information content (AvgIpc) is 3.35. The summed E-state index contributed by atoms with van der Waals surface area (Å²) in [5.41, 5.74) is 0.842. The molecule has 2 unspecified atom stereocenters. The van der Waals surface area contributed by atoms with Crippen LogP contribution in [-0.4, -0.2) is 25.9 Å². The van der Waals surface area contributed by atoms with Gasteiger partial charge in [-0.3, -0.25) is 4.79 Å². The van der Waals surface area contributed by atoms with E-state index in [9.17, 15) is 4.79 Å². The molecular formula is C18H22Cl2N4OS. The molecule has 1 heterocycles. The van der Waals surface area contributed by atoms with E-state index in [1.54, 1.807) is 12.1 Å². The second-order valence-corrected chi connectivity index (χ2v) is 8.67. The molecule has 1 fully saturated rings. The van der Waals surface area contributed by atoms with Crippen LogP contribution in [0.3, 0.4) is 0 Å². The third kappa shape index (κ3) is 4.35. The van der Waals surface area contributed by atoms with Gasteiger partial charge in [-0.15, -0.1) is 10.2 Å². The number of halogens is 2. The molecule has 1 amide bonds. The van der Waals surface area contributed by atoms with Gasteiger partial charge >= 0.3 is 0 Å². The Labute approximate surface area is 167 Å². The molecule has 2 aromatic rings. The first-order valence-corrected chi connectivity index (χ1v) is 10.4. The van der Waals surface area contributed by atoms with Gasteiger partial charge in [0.15, 0.2) is 5.16 Å². The smallest absolute Gasteiger partial charge is 0.233 e. The quantitative estimate of drug-likeness (QED) is 0.660. The van der Waals surface area contributed by atoms with E-state index in [0.29, 0.717) is 16.0 Å². The third-order valence-electron chi connectivity index (χ3n) is 4.44. The Morgan fingerprint density at radius 3 is 2.69 bits per heavy atom. The second-order valence-electron chi connectivity index (χ2n) is 6.52. The summed E-state index contributed by atoms with van der Waals surface area (Å²) in [6, 6.07) is 5.08.